The minimum atomic E-state index is -4.55. The fraction of sp³-hybridized carbons (Fsp3) is 0.375. The van der Waals surface area contributed by atoms with Gasteiger partial charge in [0.25, 0.3) is 5.91 Å². The van der Waals surface area contributed by atoms with Gasteiger partial charge in [0.15, 0.2) is 0 Å². The number of hydrogen-bond donors (Lipinski definition) is 2. The number of aryl methyl sites for hydroxylation is 1. The van der Waals surface area contributed by atoms with Crippen molar-refractivity contribution in [2.45, 2.75) is 63.7 Å². The summed E-state index contributed by atoms with van der Waals surface area (Å²) in [7, 11) is 0. The van der Waals surface area contributed by atoms with Crippen molar-refractivity contribution >= 4 is 23.2 Å². The van der Waals surface area contributed by atoms with Crippen LogP contribution in [0, 0.1) is 18.7 Å². The molecule has 3 aromatic carbocycles. The van der Waals surface area contributed by atoms with E-state index in [-0.39, 0.29) is 11.3 Å². The zero-order valence-electron chi connectivity index (χ0n) is 22.8. The maximum atomic E-state index is 14.9. The smallest absolute Gasteiger partial charge is 0.382 e. The number of nitrogens with one attached hydrogen (secondary N) is 2. The number of carbonyl (C=O) groups excluding carboxylic acids is 2. The Bertz CT molecular complexity index is 1380. The molecule has 1 heterocycles. The van der Waals surface area contributed by atoms with Gasteiger partial charge in [0.1, 0.15) is 5.82 Å². The molecular weight excluding hydrogens is 534 g/mol. The van der Waals surface area contributed by atoms with Crippen LogP contribution in [0.1, 0.15) is 71.6 Å². The third kappa shape index (κ3) is 6.39. The largest absolute Gasteiger partial charge is 0.416 e. The number of piperidine rings is 1. The number of carbonyl (C=O) groups is 2. The van der Waals surface area contributed by atoms with Crippen LogP contribution in [0.25, 0.3) is 0 Å². The van der Waals surface area contributed by atoms with Gasteiger partial charge < -0.3 is 15.5 Å². The third-order valence-electron chi connectivity index (χ3n) is 8.10. The molecule has 0 bridgehead atoms. The summed E-state index contributed by atoms with van der Waals surface area (Å²) in [6.45, 7) is 1.98. The summed E-state index contributed by atoms with van der Waals surface area (Å²) in [5.74, 6) is -2.41. The quantitative estimate of drug-likeness (QED) is 0.300. The van der Waals surface area contributed by atoms with Crippen LogP contribution in [0.3, 0.4) is 0 Å². The molecule has 1 aliphatic carbocycles. The minimum Gasteiger partial charge on any atom is -0.382 e. The van der Waals surface area contributed by atoms with E-state index in [2.05, 4.69) is 10.6 Å². The van der Waals surface area contributed by atoms with Crippen LogP contribution in [-0.2, 0) is 11.0 Å². The van der Waals surface area contributed by atoms with Crippen LogP contribution in [0.5, 0.6) is 0 Å². The first-order chi connectivity index (χ1) is 19.6. The first kappa shape index (κ1) is 28.6. The van der Waals surface area contributed by atoms with Crippen LogP contribution in [0.2, 0.25) is 0 Å². The Labute approximate surface area is 236 Å². The van der Waals surface area contributed by atoms with Crippen molar-refractivity contribution in [3.05, 3.63) is 94.8 Å². The SMILES string of the molecule is Cc1cccc(F)c1C(=O)N1CCCC(C(=O)Nc2cccc(C(F)(F)F)c2)[C@@H]1c1ccc(NC2CCCC2)cc1. The van der Waals surface area contributed by atoms with Crippen molar-refractivity contribution in [1.29, 1.82) is 0 Å². The van der Waals surface area contributed by atoms with Gasteiger partial charge in [-0.15, -0.1) is 0 Å². The lowest BCUT2D eigenvalue weighted by Crippen LogP contribution is -2.46. The first-order valence-electron chi connectivity index (χ1n) is 14.0. The lowest BCUT2D eigenvalue weighted by atomic mass is 9.83. The van der Waals surface area contributed by atoms with Gasteiger partial charge in [-0.05, 0) is 80.1 Å². The van der Waals surface area contributed by atoms with E-state index in [1.807, 2.05) is 24.3 Å². The number of hydrogen-bond acceptors (Lipinski definition) is 3. The van der Waals surface area contributed by atoms with Gasteiger partial charge in [0.05, 0.1) is 23.1 Å². The molecule has 0 spiro atoms. The highest BCUT2D eigenvalue weighted by Gasteiger charge is 2.41. The monoisotopic (exact) mass is 567 g/mol. The summed E-state index contributed by atoms with van der Waals surface area (Å²) in [5, 5.41) is 6.17. The molecule has 1 saturated carbocycles. The van der Waals surface area contributed by atoms with E-state index in [1.165, 1.54) is 42.0 Å². The molecule has 0 aromatic heterocycles. The van der Waals surface area contributed by atoms with Gasteiger partial charge in [0.2, 0.25) is 5.91 Å². The second kappa shape index (κ2) is 11.9. The third-order valence-corrected chi connectivity index (χ3v) is 8.10. The fourth-order valence-corrected chi connectivity index (χ4v) is 6.05. The van der Waals surface area contributed by atoms with Gasteiger partial charge in [-0.2, -0.15) is 13.2 Å². The van der Waals surface area contributed by atoms with Crippen LogP contribution in [0.15, 0.2) is 66.7 Å². The molecule has 1 saturated heterocycles. The number of benzene rings is 3. The number of nitrogens with zero attached hydrogens (tertiary/aromatic N) is 1. The average Bonchev–Trinajstić information content (AvgIpc) is 3.46. The number of amides is 2. The van der Waals surface area contributed by atoms with E-state index in [0.29, 0.717) is 36.6 Å². The second-order valence-electron chi connectivity index (χ2n) is 10.9. The number of likely N-dealkylation sites (tertiary alicyclic amines) is 1. The van der Waals surface area contributed by atoms with Gasteiger partial charge in [-0.25, -0.2) is 4.39 Å². The molecule has 41 heavy (non-hydrogen) atoms. The molecule has 2 atom stereocenters. The maximum Gasteiger partial charge on any atom is 0.416 e. The highest BCUT2D eigenvalue weighted by Crippen LogP contribution is 2.39. The summed E-state index contributed by atoms with van der Waals surface area (Å²) in [5.41, 5.74) is 1.23. The predicted molar refractivity (Wildman–Crippen MR) is 150 cm³/mol. The number of alkyl halides is 3. The van der Waals surface area contributed by atoms with Gasteiger partial charge >= 0.3 is 6.18 Å². The molecule has 2 amide bonds. The van der Waals surface area contributed by atoms with Crippen LogP contribution < -0.4 is 10.6 Å². The van der Waals surface area contributed by atoms with Crippen molar-refractivity contribution in [2.24, 2.45) is 5.92 Å². The van der Waals surface area contributed by atoms with E-state index >= 15 is 0 Å². The Morgan fingerprint density at radius 3 is 2.27 bits per heavy atom. The summed E-state index contributed by atoms with van der Waals surface area (Å²) in [4.78, 5) is 29.0. The Morgan fingerprint density at radius 1 is 0.878 bits per heavy atom. The molecule has 3 aromatic rings. The van der Waals surface area contributed by atoms with Crippen LogP contribution in [0.4, 0.5) is 28.9 Å². The van der Waals surface area contributed by atoms with Crippen molar-refractivity contribution in [3.63, 3.8) is 0 Å². The normalized spacial score (nSPS) is 19.7. The number of anilines is 2. The molecule has 1 aliphatic heterocycles. The highest BCUT2D eigenvalue weighted by molar-refractivity contribution is 5.98. The zero-order valence-corrected chi connectivity index (χ0v) is 22.8. The lowest BCUT2D eigenvalue weighted by molar-refractivity contribution is -0.137. The van der Waals surface area contributed by atoms with E-state index in [1.54, 1.807) is 13.0 Å². The molecule has 2 fully saturated rings. The Balaban J connectivity index is 1.47. The zero-order chi connectivity index (χ0) is 29.1. The lowest BCUT2D eigenvalue weighted by Gasteiger charge is -2.41. The second-order valence-corrected chi connectivity index (χ2v) is 10.9. The van der Waals surface area contributed by atoms with E-state index < -0.39 is 41.3 Å². The highest BCUT2D eigenvalue weighted by atomic mass is 19.4. The van der Waals surface area contributed by atoms with Crippen LogP contribution in [-0.4, -0.2) is 29.3 Å². The summed E-state index contributed by atoms with van der Waals surface area (Å²) < 4.78 is 54.7. The fourth-order valence-electron chi connectivity index (χ4n) is 6.05. The maximum absolute atomic E-state index is 14.9. The van der Waals surface area contributed by atoms with Gasteiger partial charge in [0, 0.05) is 24.0 Å². The molecule has 2 aliphatic rings. The van der Waals surface area contributed by atoms with E-state index in [0.717, 1.165) is 30.7 Å². The van der Waals surface area contributed by atoms with Crippen LogP contribution >= 0.6 is 0 Å². The number of halogens is 4. The van der Waals surface area contributed by atoms with Crippen molar-refractivity contribution in [2.75, 3.05) is 17.2 Å². The average molecular weight is 568 g/mol. The van der Waals surface area contributed by atoms with Crippen molar-refractivity contribution < 1.29 is 27.2 Å². The molecule has 2 N–H and O–H groups in total. The molecule has 216 valence electrons. The molecule has 0 radical (unpaired) electrons. The molecule has 5 rings (SSSR count). The van der Waals surface area contributed by atoms with E-state index in [4.69, 9.17) is 0 Å². The van der Waals surface area contributed by atoms with Gasteiger partial charge in [-0.3, -0.25) is 9.59 Å². The molecule has 9 heteroatoms. The molecular formula is C32H33F4N3O2. The Morgan fingerprint density at radius 2 is 1.59 bits per heavy atom. The standard InChI is InChI=1S/C32H33F4N3O2/c1-20-7-4-13-27(33)28(20)31(41)39-18-6-12-26(30(40)38-25-11-5-8-22(19-25)32(34,35)36)29(39)21-14-16-24(17-15-21)37-23-9-2-3-10-23/h4-5,7-8,11,13-17,19,23,26,29,37H,2-3,6,9-10,12,18H2,1H3,(H,38,40)/t26?,29-/m0/s1. The first-order valence-corrected chi connectivity index (χ1v) is 14.0. The number of rotatable bonds is 6. The Hall–Kier alpha value is -3.88. The molecule has 5 nitrogen and oxygen atoms in total. The summed E-state index contributed by atoms with van der Waals surface area (Å²) in [6.07, 6.45) is 0.928. The van der Waals surface area contributed by atoms with Gasteiger partial charge in [-0.1, -0.05) is 43.2 Å². The molecule has 1 unspecified atom stereocenters. The predicted octanol–water partition coefficient (Wildman–Crippen LogP) is 7.74. The van der Waals surface area contributed by atoms with E-state index in [9.17, 15) is 27.2 Å². The van der Waals surface area contributed by atoms with Crippen molar-refractivity contribution in [3.8, 4) is 0 Å². The minimum absolute atomic E-state index is 0.0214. The van der Waals surface area contributed by atoms with Crippen molar-refractivity contribution in [1.82, 2.24) is 4.90 Å². The summed E-state index contributed by atoms with van der Waals surface area (Å²) in [6, 6.07) is 16.2. The summed E-state index contributed by atoms with van der Waals surface area (Å²) >= 11 is 0. The topological polar surface area (TPSA) is 61.4 Å². The Kier molecular flexibility index (Phi) is 8.33.